The zero-order chi connectivity index (χ0) is 14.7. The van der Waals surface area contributed by atoms with Crippen LogP contribution in [0.4, 0.5) is 0 Å². The van der Waals surface area contributed by atoms with Gasteiger partial charge in [0.15, 0.2) is 0 Å². The first kappa shape index (κ1) is 15.8. The first-order chi connectivity index (χ1) is 9.51. The molecule has 20 heavy (non-hydrogen) atoms. The Morgan fingerprint density at radius 2 is 1.90 bits per heavy atom. The van der Waals surface area contributed by atoms with E-state index in [-0.39, 0.29) is 6.04 Å². The molecule has 0 aliphatic heterocycles. The molecule has 0 bridgehead atoms. The van der Waals surface area contributed by atoms with Crippen molar-refractivity contribution >= 4 is 43.5 Å². The third kappa shape index (κ3) is 3.76. The zero-order valence-electron chi connectivity index (χ0n) is 10.9. The van der Waals surface area contributed by atoms with Crippen molar-refractivity contribution in [2.75, 3.05) is 7.11 Å². The van der Waals surface area contributed by atoms with Gasteiger partial charge in [0.2, 0.25) is 0 Å². The summed E-state index contributed by atoms with van der Waals surface area (Å²) in [5.74, 6) is 0.816. The highest BCUT2D eigenvalue weighted by molar-refractivity contribution is 9.10. The van der Waals surface area contributed by atoms with Crippen LogP contribution in [0.3, 0.4) is 0 Å². The van der Waals surface area contributed by atoms with Crippen molar-refractivity contribution in [1.29, 1.82) is 0 Å². The summed E-state index contributed by atoms with van der Waals surface area (Å²) in [4.78, 5) is 0. The lowest BCUT2D eigenvalue weighted by Gasteiger charge is -2.14. The molecule has 0 aliphatic rings. The van der Waals surface area contributed by atoms with Crippen LogP contribution in [0.25, 0.3) is 0 Å². The van der Waals surface area contributed by atoms with E-state index in [9.17, 15) is 0 Å². The van der Waals surface area contributed by atoms with Gasteiger partial charge in [-0.2, -0.15) is 0 Å². The minimum Gasteiger partial charge on any atom is -0.496 e. The lowest BCUT2D eigenvalue weighted by molar-refractivity contribution is 0.412. The van der Waals surface area contributed by atoms with Crippen LogP contribution in [-0.4, -0.2) is 7.11 Å². The van der Waals surface area contributed by atoms with Gasteiger partial charge in [-0.15, -0.1) is 0 Å². The summed E-state index contributed by atoms with van der Waals surface area (Å²) in [5.41, 5.74) is 8.45. The number of methoxy groups -OCH3 is 1. The third-order valence-electron chi connectivity index (χ3n) is 3.04. The summed E-state index contributed by atoms with van der Waals surface area (Å²) in [6.07, 6.45) is 0.747. The highest BCUT2D eigenvalue weighted by Gasteiger charge is 2.10. The molecule has 106 valence electrons. The monoisotopic (exact) mass is 417 g/mol. The molecule has 0 radical (unpaired) electrons. The Morgan fingerprint density at radius 1 is 1.15 bits per heavy atom. The number of hydrogen-bond acceptors (Lipinski definition) is 2. The molecule has 0 fully saturated rings. The number of rotatable bonds is 4. The van der Waals surface area contributed by atoms with E-state index in [4.69, 9.17) is 22.1 Å². The Hall–Kier alpha value is -0.550. The molecule has 2 N–H and O–H groups in total. The fourth-order valence-electron chi connectivity index (χ4n) is 1.95. The predicted octanol–water partition coefficient (Wildman–Crippen LogP) is 5.12. The van der Waals surface area contributed by atoms with E-state index >= 15 is 0 Å². The van der Waals surface area contributed by atoms with Gasteiger partial charge in [0.1, 0.15) is 5.75 Å². The second-order valence-electron chi connectivity index (χ2n) is 4.45. The van der Waals surface area contributed by atoms with E-state index in [0.29, 0.717) is 5.02 Å². The molecular formula is C15H14Br2ClNO. The van der Waals surface area contributed by atoms with Gasteiger partial charge < -0.3 is 10.5 Å². The standard InChI is InChI=1S/C15H14Br2ClNO/c1-20-15-5-2-9(6-12(15)17)7-14(19)10-3-4-13(18)11(16)8-10/h2-6,8,14H,7,19H2,1H3. The minimum atomic E-state index is -0.0798. The summed E-state index contributed by atoms with van der Waals surface area (Å²) < 4.78 is 7.02. The smallest absolute Gasteiger partial charge is 0.133 e. The number of nitrogens with two attached hydrogens (primary N) is 1. The molecule has 2 nitrogen and oxygen atoms in total. The summed E-state index contributed by atoms with van der Waals surface area (Å²) >= 11 is 12.9. The Kier molecular flexibility index (Phi) is 5.49. The number of halogens is 3. The quantitative estimate of drug-likeness (QED) is 0.747. The average Bonchev–Trinajstić information content (AvgIpc) is 2.42. The second kappa shape index (κ2) is 6.94. The third-order valence-corrected chi connectivity index (χ3v) is 4.88. The van der Waals surface area contributed by atoms with Crippen LogP contribution in [0.5, 0.6) is 5.75 Å². The summed E-state index contributed by atoms with van der Waals surface area (Å²) in [5, 5.41) is 0.688. The topological polar surface area (TPSA) is 35.2 Å². The molecule has 2 aromatic rings. The SMILES string of the molecule is COc1ccc(CC(N)c2ccc(Cl)c(Br)c2)cc1Br. The van der Waals surface area contributed by atoms with E-state index in [1.165, 1.54) is 0 Å². The van der Waals surface area contributed by atoms with E-state index < -0.39 is 0 Å². The van der Waals surface area contributed by atoms with Crippen molar-refractivity contribution in [2.45, 2.75) is 12.5 Å². The number of hydrogen-bond donors (Lipinski definition) is 1. The van der Waals surface area contributed by atoms with E-state index in [1.54, 1.807) is 7.11 Å². The van der Waals surface area contributed by atoms with Crippen molar-refractivity contribution in [3.05, 3.63) is 61.5 Å². The molecule has 5 heteroatoms. The van der Waals surface area contributed by atoms with Crippen LogP contribution in [0.2, 0.25) is 5.02 Å². The number of benzene rings is 2. The normalized spacial score (nSPS) is 12.2. The second-order valence-corrected chi connectivity index (χ2v) is 6.57. The molecule has 0 amide bonds. The summed E-state index contributed by atoms with van der Waals surface area (Å²) in [7, 11) is 1.65. The lowest BCUT2D eigenvalue weighted by Crippen LogP contribution is -2.13. The largest absolute Gasteiger partial charge is 0.496 e. The fraction of sp³-hybridized carbons (Fsp3) is 0.200. The van der Waals surface area contributed by atoms with Gasteiger partial charge in [0.05, 0.1) is 16.6 Å². The van der Waals surface area contributed by atoms with Gasteiger partial charge in [-0.1, -0.05) is 23.7 Å². The van der Waals surface area contributed by atoms with E-state index in [2.05, 4.69) is 31.9 Å². The van der Waals surface area contributed by atoms with Crippen molar-refractivity contribution in [3.63, 3.8) is 0 Å². The molecule has 0 aliphatic carbocycles. The summed E-state index contributed by atoms with van der Waals surface area (Å²) in [6, 6.07) is 11.7. The Morgan fingerprint density at radius 3 is 2.50 bits per heavy atom. The molecule has 2 rings (SSSR count). The molecule has 0 saturated carbocycles. The van der Waals surface area contributed by atoms with Gasteiger partial charge in [-0.3, -0.25) is 0 Å². The Balaban J connectivity index is 2.16. The first-order valence-corrected chi connectivity index (χ1v) is 8.00. The maximum atomic E-state index is 6.26. The highest BCUT2D eigenvalue weighted by atomic mass is 79.9. The van der Waals surface area contributed by atoms with E-state index in [1.807, 2.05) is 36.4 Å². The average molecular weight is 420 g/mol. The minimum absolute atomic E-state index is 0.0798. The molecule has 1 unspecified atom stereocenters. The maximum Gasteiger partial charge on any atom is 0.133 e. The van der Waals surface area contributed by atoms with Crippen molar-refractivity contribution in [2.24, 2.45) is 5.73 Å². The Labute approximate surface area is 140 Å². The molecule has 2 aromatic carbocycles. The molecule has 0 spiro atoms. The molecule has 0 saturated heterocycles. The molecule has 1 atom stereocenters. The Bertz CT molecular complexity index is 619. The summed E-state index contributed by atoms with van der Waals surface area (Å²) in [6.45, 7) is 0. The van der Waals surface area contributed by atoms with Gasteiger partial charge in [0, 0.05) is 10.5 Å². The van der Waals surface area contributed by atoms with Crippen LogP contribution in [-0.2, 0) is 6.42 Å². The predicted molar refractivity (Wildman–Crippen MR) is 90.5 cm³/mol. The van der Waals surface area contributed by atoms with Crippen LogP contribution in [0.1, 0.15) is 17.2 Å². The van der Waals surface area contributed by atoms with Gasteiger partial charge in [-0.25, -0.2) is 0 Å². The molecule has 0 aromatic heterocycles. The van der Waals surface area contributed by atoms with Crippen LogP contribution < -0.4 is 10.5 Å². The number of ether oxygens (including phenoxy) is 1. The maximum absolute atomic E-state index is 6.26. The highest BCUT2D eigenvalue weighted by Crippen LogP contribution is 2.29. The van der Waals surface area contributed by atoms with Crippen LogP contribution >= 0.6 is 43.5 Å². The van der Waals surface area contributed by atoms with Gasteiger partial charge >= 0.3 is 0 Å². The lowest BCUT2D eigenvalue weighted by atomic mass is 10.00. The molecular weight excluding hydrogens is 405 g/mol. The van der Waals surface area contributed by atoms with Gasteiger partial charge in [-0.05, 0) is 73.7 Å². The first-order valence-electron chi connectivity index (χ1n) is 6.04. The molecule has 0 heterocycles. The van der Waals surface area contributed by atoms with Crippen LogP contribution in [0.15, 0.2) is 45.3 Å². The fourth-order valence-corrected chi connectivity index (χ4v) is 3.05. The van der Waals surface area contributed by atoms with Gasteiger partial charge in [0.25, 0.3) is 0 Å². The zero-order valence-corrected chi connectivity index (χ0v) is 14.8. The van der Waals surface area contributed by atoms with Crippen LogP contribution in [0, 0.1) is 0 Å². The van der Waals surface area contributed by atoms with Crippen molar-refractivity contribution in [3.8, 4) is 5.75 Å². The van der Waals surface area contributed by atoms with E-state index in [0.717, 1.165) is 32.2 Å². The van der Waals surface area contributed by atoms with Crippen molar-refractivity contribution < 1.29 is 4.74 Å². The van der Waals surface area contributed by atoms with Crippen molar-refractivity contribution in [1.82, 2.24) is 0 Å².